The smallest absolute Gasteiger partial charge is 0.123 e. The Balaban J connectivity index is 1.82. The average molecular weight is 313 g/mol. The minimum Gasteiger partial charge on any atom is -0.496 e. The second-order valence-corrected chi connectivity index (χ2v) is 5.88. The van der Waals surface area contributed by atoms with Gasteiger partial charge in [0.1, 0.15) is 5.75 Å². The molecule has 5 heteroatoms. The molecule has 0 atom stereocenters. The number of methoxy groups -OCH3 is 1. The van der Waals surface area contributed by atoms with Crippen LogP contribution in [0.2, 0.25) is 5.02 Å². The Morgan fingerprint density at radius 2 is 2.10 bits per heavy atom. The lowest BCUT2D eigenvalue weighted by Gasteiger charge is -2.32. The largest absolute Gasteiger partial charge is 0.496 e. The molecule has 0 bridgehead atoms. The molecule has 0 aromatic heterocycles. The topological polar surface area (TPSA) is 47.7 Å². The monoisotopic (exact) mass is 312 g/mol. The standard InChI is InChI=1S/C16H25ClN2O2/c1-20-16-4-3-14(17)11-13(16)12-19-8-5-15(6-9-19)21-10-2-7-18/h3-4,11,15H,2,5-10,12,18H2,1H3. The minimum atomic E-state index is 0.383. The molecular weight excluding hydrogens is 288 g/mol. The third kappa shape index (κ3) is 5.15. The van der Waals surface area contributed by atoms with Crippen molar-refractivity contribution >= 4 is 11.6 Å². The molecule has 1 heterocycles. The molecule has 0 unspecified atom stereocenters. The van der Waals surface area contributed by atoms with Gasteiger partial charge in [-0.15, -0.1) is 0 Å². The van der Waals surface area contributed by atoms with E-state index in [0.29, 0.717) is 12.6 Å². The van der Waals surface area contributed by atoms with Crippen LogP contribution in [-0.2, 0) is 11.3 Å². The normalized spacial score (nSPS) is 17.1. The van der Waals surface area contributed by atoms with Crippen LogP contribution in [-0.4, -0.2) is 44.4 Å². The summed E-state index contributed by atoms with van der Waals surface area (Å²) in [6, 6.07) is 5.78. The zero-order valence-corrected chi connectivity index (χ0v) is 13.4. The lowest BCUT2D eigenvalue weighted by molar-refractivity contribution is 0.00552. The molecule has 1 aliphatic rings. The fourth-order valence-electron chi connectivity index (χ4n) is 2.68. The van der Waals surface area contributed by atoms with E-state index in [1.807, 2.05) is 18.2 Å². The molecule has 1 saturated heterocycles. The SMILES string of the molecule is COc1ccc(Cl)cc1CN1CCC(OCCCN)CC1. The molecule has 1 fully saturated rings. The minimum absolute atomic E-state index is 0.383. The van der Waals surface area contributed by atoms with E-state index in [1.54, 1.807) is 7.11 Å². The molecule has 0 spiro atoms. The van der Waals surface area contributed by atoms with Crippen LogP contribution in [0.5, 0.6) is 5.75 Å². The highest BCUT2D eigenvalue weighted by atomic mass is 35.5. The van der Waals surface area contributed by atoms with Gasteiger partial charge in [-0.1, -0.05) is 11.6 Å². The fourth-order valence-corrected chi connectivity index (χ4v) is 2.87. The summed E-state index contributed by atoms with van der Waals surface area (Å²) in [5.41, 5.74) is 6.63. The highest BCUT2D eigenvalue weighted by Gasteiger charge is 2.20. The van der Waals surface area contributed by atoms with Crippen molar-refractivity contribution in [3.63, 3.8) is 0 Å². The van der Waals surface area contributed by atoms with E-state index < -0.39 is 0 Å². The summed E-state index contributed by atoms with van der Waals surface area (Å²) in [6.07, 6.45) is 3.48. The van der Waals surface area contributed by atoms with Gasteiger partial charge in [0.2, 0.25) is 0 Å². The highest BCUT2D eigenvalue weighted by molar-refractivity contribution is 6.30. The van der Waals surface area contributed by atoms with E-state index in [4.69, 9.17) is 26.8 Å². The molecule has 1 aromatic carbocycles. The Hall–Kier alpha value is -0.810. The van der Waals surface area contributed by atoms with Crippen molar-refractivity contribution in [2.24, 2.45) is 5.73 Å². The number of benzene rings is 1. The predicted octanol–water partition coefficient (Wildman–Crippen LogP) is 2.68. The fraction of sp³-hybridized carbons (Fsp3) is 0.625. The van der Waals surface area contributed by atoms with Crippen LogP contribution in [0.25, 0.3) is 0 Å². The molecule has 2 N–H and O–H groups in total. The molecule has 118 valence electrons. The van der Waals surface area contributed by atoms with Crippen molar-refractivity contribution in [2.45, 2.75) is 31.9 Å². The zero-order chi connectivity index (χ0) is 15.1. The van der Waals surface area contributed by atoms with Crippen LogP contribution < -0.4 is 10.5 Å². The number of piperidine rings is 1. The third-order valence-electron chi connectivity index (χ3n) is 3.87. The molecule has 0 aliphatic carbocycles. The number of halogens is 1. The van der Waals surface area contributed by atoms with Gasteiger partial charge >= 0.3 is 0 Å². The maximum Gasteiger partial charge on any atom is 0.123 e. The van der Waals surface area contributed by atoms with Crippen molar-refractivity contribution in [2.75, 3.05) is 33.4 Å². The van der Waals surface area contributed by atoms with E-state index in [1.165, 1.54) is 0 Å². The predicted molar refractivity (Wildman–Crippen MR) is 85.9 cm³/mol. The Morgan fingerprint density at radius 3 is 2.76 bits per heavy atom. The molecule has 4 nitrogen and oxygen atoms in total. The molecule has 1 aliphatic heterocycles. The van der Waals surface area contributed by atoms with Crippen LogP contribution in [0, 0.1) is 0 Å². The summed E-state index contributed by atoms with van der Waals surface area (Å²) >= 11 is 6.08. The molecule has 0 radical (unpaired) electrons. The molecule has 0 saturated carbocycles. The van der Waals surface area contributed by atoms with E-state index in [9.17, 15) is 0 Å². The Labute approximate surface area is 132 Å². The summed E-state index contributed by atoms with van der Waals surface area (Å²) < 4.78 is 11.2. The quantitative estimate of drug-likeness (QED) is 0.786. The first-order chi connectivity index (χ1) is 10.2. The van der Waals surface area contributed by atoms with Gasteiger partial charge in [0, 0.05) is 36.8 Å². The van der Waals surface area contributed by atoms with Crippen LogP contribution >= 0.6 is 11.6 Å². The van der Waals surface area contributed by atoms with Gasteiger partial charge in [-0.05, 0) is 44.0 Å². The number of ether oxygens (including phenoxy) is 2. The van der Waals surface area contributed by atoms with Crippen LogP contribution in [0.15, 0.2) is 18.2 Å². The van der Waals surface area contributed by atoms with Crippen molar-refractivity contribution in [1.82, 2.24) is 4.90 Å². The Morgan fingerprint density at radius 1 is 1.33 bits per heavy atom. The lowest BCUT2D eigenvalue weighted by Crippen LogP contribution is -2.36. The average Bonchev–Trinajstić information content (AvgIpc) is 2.50. The third-order valence-corrected chi connectivity index (χ3v) is 4.11. The molecule has 2 rings (SSSR count). The van der Waals surface area contributed by atoms with Crippen molar-refractivity contribution < 1.29 is 9.47 Å². The number of hydrogen-bond donors (Lipinski definition) is 1. The van der Waals surface area contributed by atoms with Gasteiger partial charge in [0.05, 0.1) is 13.2 Å². The zero-order valence-electron chi connectivity index (χ0n) is 12.7. The summed E-state index contributed by atoms with van der Waals surface area (Å²) in [5, 5.41) is 0.755. The number of hydrogen-bond acceptors (Lipinski definition) is 4. The van der Waals surface area contributed by atoms with Gasteiger partial charge in [-0.3, -0.25) is 4.90 Å². The van der Waals surface area contributed by atoms with Crippen LogP contribution in [0.4, 0.5) is 0 Å². The van der Waals surface area contributed by atoms with Gasteiger partial charge in [-0.2, -0.15) is 0 Å². The van der Waals surface area contributed by atoms with Gasteiger partial charge in [-0.25, -0.2) is 0 Å². The molecule has 0 amide bonds. The van der Waals surface area contributed by atoms with Crippen LogP contribution in [0.3, 0.4) is 0 Å². The summed E-state index contributed by atoms with van der Waals surface area (Å²) in [7, 11) is 1.70. The van der Waals surface area contributed by atoms with Crippen molar-refractivity contribution in [1.29, 1.82) is 0 Å². The number of likely N-dealkylation sites (tertiary alicyclic amines) is 1. The maximum atomic E-state index is 6.08. The number of nitrogens with zero attached hydrogens (tertiary/aromatic N) is 1. The van der Waals surface area contributed by atoms with E-state index in [2.05, 4.69) is 4.90 Å². The summed E-state index contributed by atoms with van der Waals surface area (Å²) in [5.74, 6) is 0.903. The van der Waals surface area contributed by atoms with Gasteiger partial charge < -0.3 is 15.2 Å². The van der Waals surface area contributed by atoms with E-state index in [0.717, 1.165) is 61.8 Å². The first kappa shape index (κ1) is 16.6. The maximum absolute atomic E-state index is 6.08. The second-order valence-electron chi connectivity index (χ2n) is 5.44. The van der Waals surface area contributed by atoms with Gasteiger partial charge in [0.15, 0.2) is 0 Å². The Bertz CT molecular complexity index is 434. The molecular formula is C16H25ClN2O2. The summed E-state index contributed by atoms with van der Waals surface area (Å²) in [4.78, 5) is 2.43. The highest BCUT2D eigenvalue weighted by Crippen LogP contribution is 2.25. The van der Waals surface area contributed by atoms with E-state index >= 15 is 0 Å². The van der Waals surface area contributed by atoms with E-state index in [-0.39, 0.29) is 0 Å². The van der Waals surface area contributed by atoms with Crippen LogP contribution in [0.1, 0.15) is 24.8 Å². The summed E-state index contributed by atoms with van der Waals surface area (Å²) in [6.45, 7) is 4.45. The van der Waals surface area contributed by atoms with Crippen molar-refractivity contribution in [3.05, 3.63) is 28.8 Å². The molecule has 1 aromatic rings. The lowest BCUT2D eigenvalue weighted by atomic mass is 10.1. The van der Waals surface area contributed by atoms with Gasteiger partial charge in [0.25, 0.3) is 0 Å². The van der Waals surface area contributed by atoms with Crippen molar-refractivity contribution in [3.8, 4) is 5.75 Å². The number of rotatable bonds is 7. The Kier molecular flexibility index (Phi) is 6.77. The second kappa shape index (κ2) is 8.59. The molecule has 21 heavy (non-hydrogen) atoms. The first-order valence-corrected chi connectivity index (χ1v) is 7.97. The first-order valence-electron chi connectivity index (χ1n) is 7.59. The number of nitrogens with two attached hydrogens (primary N) is 1.